The summed E-state index contributed by atoms with van der Waals surface area (Å²) < 4.78 is 43.5. The molecule has 11 N–H and O–H groups in total. The zero-order valence-electron chi connectivity index (χ0n) is 55.5. The normalized spacial score (nSPS) is 25.8. The summed E-state index contributed by atoms with van der Waals surface area (Å²) in [6.07, 6.45) is -9.95. The zero-order chi connectivity index (χ0) is 70.8. The predicted molar refractivity (Wildman–Crippen MR) is 343 cm³/mol. The minimum atomic E-state index is -2.33. The Morgan fingerprint density at radius 2 is 1.45 bits per heavy atom. The van der Waals surface area contributed by atoms with Crippen LogP contribution in [0, 0.1) is 33.9 Å². The van der Waals surface area contributed by atoms with E-state index < -0.39 is 191 Å². The van der Waals surface area contributed by atoms with Crippen molar-refractivity contribution >= 4 is 71.2 Å². The molecule has 6 amide bonds. The highest BCUT2D eigenvalue weighted by Crippen LogP contribution is 2.66. The SMILES string of the molecule is CC1=C2[C@@H](O)C(=O)[C@@]3(C)[C@H]([C@H](OC(=O)c4ccccc4)[C@](O)(C[C@@H]1OC(=O)[C@H](OC(=O)CCC(=O)NCCCCC(NC(=O)CC[C@H](CC(=O)C(C)NC(=O)/C=C/c1ccc(F)cc1)C(N)=O)C(N)=O)[C@H](NC(=O)OC(C)(C)C)c1ccccc1)C2(C)C)[C@]1(C)CO[C@@H]1C[C@@H]3O. The van der Waals surface area contributed by atoms with Gasteiger partial charge in [0, 0.05) is 67.4 Å². The number of carbonyl (C=O) groups excluding carboxylic acids is 11. The molecule has 0 spiro atoms. The van der Waals surface area contributed by atoms with E-state index in [0.717, 1.165) is 6.08 Å². The summed E-state index contributed by atoms with van der Waals surface area (Å²) >= 11 is 0. The van der Waals surface area contributed by atoms with Crippen LogP contribution in [0.3, 0.4) is 0 Å². The number of fused-ring (bicyclic) bond motifs is 5. The van der Waals surface area contributed by atoms with E-state index in [0.29, 0.717) is 5.56 Å². The maximum atomic E-state index is 15.3. The number of unbranched alkanes of at least 4 members (excludes halogenated alkanes) is 1. The van der Waals surface area contributed by atoms with Crippen LogP contribution in [-0.4, -0.2) is 153 Å². The van der Waals surface area contributed by atoms with Crippen molar-refractivity contribution in [2.45, 2.75) is 192 Å². The molecule has 4 aliphatic rings. The van der Waals surface area contributed by atoms with Crippen molar-refractivity contribution in [3.63, 3.8) is 0 Å². The summed E-state index contributed by atoms with van der Waals surface area (Å²) in [7, 11) is 0. The largest absolute Gasteiger partial charge is 0.455 e. The first-order chi connectivity index (χ1) is 45.0. The van der Waals surface area contributed by atoms with Crippen LogP contribution in [0.15, 0.2) is 102 Å². The van der Waals surface area contributed by atoms with E-state index >= 15 is 9.59 Å². The van der Waals surface area contributed by atoms with E-state index in [1.807, 2.05) is 0 Å². The number of rotatable bonds is 28. The van der Waals surface area contributed by atoms with Crippen molar-refractivity contribution in [2.75, 3.05) is 13.2 Å². The van der Waals surface area contributed by atoms with Gasteiger partial charge >= 0.3 is 24.0 Å². The Balaban J connectivity index is 1.02. The summed E-state index contributed by atoms with van der Waals surface area (Å²) in [4.78, 5) is 149. The van der Waals surface area contributed by atoms with Gasteiger partial charge in [-0.05, 0) is 120 Å². The molecule has 520 valence electrons. The van der Waals surface area contributed by atoms with Crippen LogP contribution in [0.1, 0.15) is 154 Å². The van der Waals surface area contributed by atoms with Gasteiger partial charge in [0.1, 0.15) is 47.4 Å². The quantitative estimate of drug-likeness (QED) is 0.0156. The van der Waals surface area contributed by atoms with Gasteiger partial charge in [-0.3, -0.25) is 38.4 Å². The van der Waals surface area contributed by atoms with Gasteiger partial charge in [0.25, 0.3) is 0 Å². The fraction of sp³-hybridized carbons (Fsp3) is 0.529. The number of benzene rings is 3. The lowest BCUT2D eigenvalue weighted by molar-refractivity contribution is -0.313. The highest BCUT2D eigenvalue weighted by Gasteiger charge is 2.75. The molecule has 7 rings (SSSR count). The predicted octanol–water partition coefficient (Wildman–Crippen LogP) is 4.75. The van der Waals surface area contributed by atoms with Crippen molar-refractivity contribution in [1.29, 1.82) is 0 Å². The van der Waals surface area contributed by atoms with Crippen LogP contribution >= 0.6 is 0 Å². The number of nitrogens with one attached hydrogen (secondary N) is 4. The number of primary amides is 2. The number of hydrogen-bond donors (Lipinski definition) is 9. The molecule has 1 aliphatic heterocycles. The van der Waals surface area contributed by atoms with E-state index in [-0.39, 0.29) is 73.9 Å². The second-order valence-electron chi connectivity index (χ2n) is 27.3. The number of Topliss-reactive ketones (excluding diaryl/α,β-unsaturated/α-hetero) is 2. The minimum absolute atomic E-state index is 0.00644. The number of ketones is 2. The number of carbonyl (C=O) groups is 11. The number of esters is 3. The second kappa shape index (κ2) is 31.0. The highest BCUT2D eigenvalue weighted by atomic mass is 19.1. The van der Waals surface area contributed by atoms with E-state index in [1.54, 1.807) is 77.9 Å². The van der Waals surface area contributed by atoms with Crippen molar-refractivity contribution in [3.8, 4) is 0 Å². The number of hydrogen-bond acceptors (Lipinski definition) is 19. The van der Waals surface area contributed by atoms with Crippen molar-refractivity contribution in [1.82, 2.24) is 21.3 Å². The number of aliphatic hydroxyl groups excluding tert-OH is 2. The Morgan fingerprint density at radius 1 is 0.802 bits per heavy atom. The molecule has 3 fully saturated rings. The van der Waals surface area contributed by atoms with Gasteiger partial charge in [0.15, 0.2) is 11.6 Å². The number of ether oxygens (including phenoxy) is 5. The van der Waals surface area contributed by atoms with Gasteiger partial charge in [-0.25, -0.2) is 18.8 Å². The summed E-state index contributed by atoms with van der Waals surface area (Å²) in [5.41, 5.74) is 4.11. The average molecular weight is 1340 g/mol. The molecule has 2 unspecified atom stereocenters. The molecule has 1 heterocycles. The summed E-state index contributed by atoms with van der Waals surface area (Å²) in [6.45, 7) is 14.2. The summed E-state index contributed by atoms with van der Waals surface area (Å²) in [5, 5.41) is 48.6. The van der Waals surface area contributed by atoms with Gasteiger partial charge in [0.05, 0.1) is 42.3 Å². The zero-order valence-corrected chi connectivity index (χ0v) is 55.5. The first-order valence-corrected chi connectivity index (χ1v) is 32.1. The minimum Gasteiger partial charge on any atom is -0.455 e. The molecule has 0 radical (unpaired) electrons. The highest BCUT2D eigenvalue weighted by molar-refractivity contribution is 5.97. The van der Waals surface area contributed by atoms with Crippen LogP contribution < -0.4 is 32.7 Å². The molecule has 3 aromatic rings. The Kier molecular flexibility index (Phi) is 24.1. The second-order valence-corrected chi connectivity index (χ2v) is 27.3. The van der Waals surface area contributed by atoms with Crippen molar-refractivity contribution < 1.29 is 96.1 Å². The van der Waals surface area contributed by atoms with Gasteiger partial charge in [-0.1, -0.05) is 81.4 Å². The molecule has 26 heteroatoms. The molecule has 25 nitrogen and oxygen atoms in total. The maximum absolute atomic E-state index is 15.3. The molecule has 2 bridgehead atoms. The molecular weight excluding hydrogens is 1250 g/mol. The number of nitrogens with two attached hydrogens (primary N) is 2. The van der Waals surface area contributed by atoms with E-state index in [9.17, 15) is 62.9 Å². The molecule has 0 aromatic heterocycles. The third kappa shape index (κ3) is 17.3. The van der Waals surface area contributed by atoms with Crippen LogP contribution in [0.25, 0.3) is 6.08 Å². The van der Waals surface area contributed by atoms with Crippen LogP contribution in [0.4, 0.5) is 9.18 Å². The monoisotopic (exact) mass is 1340 g/mol. The van der Waals surface area contributed by atoms with Gasteiger partial charge in [-0.2, -0.15) is 0 Å². The molecule has 3 aliphatic carbocycles. The van der Waals surface area contributed by atoms with Gasteiger partial charge in [-0.15, -0.1) is 0 Å². The van der Waals surface area contributed by atoms with Gasteiger partial charge in [0.2, 0.25) is 35.6 Å². The molecule has 3 aromatic carbocycles. The number of halogens is 1. The lowest BCUT2D eigenvalue weighted by atomic mass is 9.42. The lowest BCUT2D eigenvalue weighted by Gasteiger charge is -2.68. The fourth-order valence-electron chi connectivity index (χ4n) is 13.6. The topological polar surface area (TPSA) is 395 Å². The van der Waals surface area contributed by atoms with E-state index in [4.69, 9.17) is 35.2 Å². The third-order valence-corrected chi connectivity index (χ3v) is 19.1. The average Bonchev–Trinajstić information content (AvgIpc) is 0.674. The smallest absolute Gasteiger partial charge is 0.408 e. The third-order valence-electron chi connectivity index (χ3n) is 19.1. The van der Waals surface area contributed by atoms with Crippen molar-refractivity contribution in [3.05, 3.63) is 125 Å². The standard InChI is InChI=1S/C70H89FN6O19/c1-38-47(36-70(91)60(95-63(88)42-20-14-11-15-21-42)58-68(8)37-92-49(68)35-48(79)69(58,9)59(85)56(84)54(38)67(70,6)7)93-64(89)57(55(41-18-12-10-13-19-41)77-65(90)96-66(3,4)5)94-53(83)32-31-50(80)74-33-17-16-22-45(62(73)87)76-52(82)30-26-43(61(72)86)34-46(78)39(2)75-51(81)29-25-40-23-27-44(71)28-24-40/h10-15,18-21,23-25,27-29,39,43,45,47-49,55-58,60,79,84,91H,16-17,22,26,30-37H2,1-9H3,(H2,72,86)(H2,73,87)(H,74,80)(H,75,81)(H,76,82)(H,77,90)/b29-25+/t39?,43-,45?,47+,48+,49-,55-,56-,57-,58-,60+,68-,69-,70-/m1/s1. The number of alkyl carbamates (subject to hydrolysis) is 1. The Morgan fingerprint density at radius 3 is 2.05 bits per heavy atom. The van der Waals surface area contributed by atoms with Crippen LogP contribution in [0.5, 0.6) is 0 Å². The fourth-order valence-corrected chi connectivity index (χ4v) is 13.6. The maximum Gasteiger partial charge on any atom is 0.408 e. The summed E-state index contributed by atoms with van der Waals surface area (Å²) in [6, 6.07) is 17.4. The Bertz CT molecular complexity index is 3470. The van der Waals surface area contributed by atoms with Gasteiger partial charge < -0.3 is 71.7 Å². The molecule has 96 heavy (non-hydrogen) atoms. The van der Waals surface area contributed by atoms with Crippen LogP contribution in [0.2, 0.25) is 0 Å². The van der Waals surface area contributed by atoms with Crippen LogP contribution in [-0.2, 0) is 66.8 Å². The lowest BCUT2D eigenvalue weighted by Crippen LogP contribution is -2.77. The molecular formula is C70H89FN6O19. The number of amides is 6. The van der Waals surface area contributed by atoms with E-state index in [2.05, 4.69) is 21.3 Å². The molecule has 14 atom stereocenters. The molecule has 2 saturated carbocycles. The Hall–Kier alpha value is -8.72. The first kappa shape index (κ1) is 74.7. The van der Waals surface area contributed by atoms with E-state index in [1.165, 1.54) is 75.4 Å². The van der Waals surface area contributed by atoms with Crippen molar-refractivity contribution in [2.24, 2.45) is 39.5 Å². The number of aliphatic hydroxyl groups is 3. The molecule has 1 saturated heterocycles. The summed E-state index contributed by atoms with van der Waals surface area (Å²) in [5.74, 6) is -11.1. The first-order valence-electron chi connectivity index (χ1n) is 32.1. The Labute approximate surface area is 556 Å².